The molecule has 0 N–H and O–H groups in total. The number of ether oxygens (including phenoxy) is 4. The first kappa shape index (κ1) is 20.8. The standard InChI is InChI=1S/C16H34NO4/c1-3-5-9-18-13-15-20-11-7-17-8-12-21-16-14-19-10-6-4-2/h3-16H2,1-2H3. The molecule has 0 rings (SSSR count). The van der Waals surface area contributed by atoms with Gasteiger partial charge in [-0.2, -0.15) is 0 Å². The lowest BCUT2D eigenvalue weighted by atomic mass is 10.4. The van der Waals surface area contributed by atoms with Gasteiger partial charge in [0.25, 0.3) is 0 Å². The summed E-state index contributed by atoms with van der Waals surface area (Å²) in [7, 11) is 0. The molecule has 0 aliphatic rings. The van der Waals surface area contributed by atoms with Crippen LogP contribution in [0, 0.1) is 0 Å². The van der Waals surface area contributed by atoms with Gasteiger partial charge in [0.2, 0.25) is 0 Å². The second kappa shape index (κ2) is 19.8. The van der Waals surface area contributed by atoms with Crippen LogP contribution in [-0.2, 0) is 18.9 Å². The van der Waals surface area contributed by atoms with E-state index in [-0.39, 0.29) is 0 Å². The monoisotopic (exact) mass is 304 g/mol. The second-order valence-electron chi connectivity index (χ2n) is 4.83. The third-order valence-corrected chi connectivity index (χ3v) is 2.82. The highest BCUT2D eigenvalue weighted by Crippen LogP contribution is 1.88. The topological polar surface area (TPSA) is 51.0 Å². The molecule has 0 saturated carbocycles. The number of nitrogens with zero attached hydrogens (tertiary/aromatic N) is 1. The smallest absolute Gasteiger partial charge is 0.0701 e. The predicted octanol–water partition coefficient (Wildman–Crippen LogP) is 2.26. The molecular weight excluding hydrogens is 270 g/mol. The summed E-state index contributed by atoms with van der Waals surface area (Å²) in [6.07, 6.45) is 4.59. The summed E-state index contributed by atoms with van der Waals surface area (Å²) in [5.41, 5.74) is 0. The van der Waals surface area contributed by atoms with Crippen molar-refractivity contribution in [3.63, 3.8) is 0 Å². The Kier molecular flexibility index (Phi) is 19.6. The maximum absolute atomic E-state index is 5.42. The number of hydrogen-bond acceptors (Lipinski definition) is 4. The molecule has 0 aromatic rings. The van der Waals surface area contributed by atoms with Gasteiger partial charge in [-0.1, -0.05) is 26.7 Å². The molecule has 0 amide bonds. The van der Waals surface area contributed by atoms with Gasteiger partial charge >= 0.3 is 0 Å². The zero-order valence-electron chi connectivity index (χ0n) is 14.0. The Labute approximate surface area is 130 Å². The second-order valence-corrected chi connectivity index (χ2v) is 4.83. The summed E-state index contributed by atoms with van der Waals surface area (Å²) in [6, 6.07) is 0. The van der Waals surface area contributed by atoms with Gasteiger partial charge in [0, 0.05) is 26.3 Å². The molecule has 0 atom stereocenters. The minimum Gasteiger partial charge on any atom is -0.379 e. The van der Waals surface area contributed by atoms with Gasteiger partial charge in [-0.3, -0.25) is 0 Å². The first-order valence-corrected chi connectivity index (χ1v) is 8.36. The first-order valence-electron chi connectivity index (χ1n) is 8.36. The van der Waals surface area contributed by atoms with E-state index in [1.165, 1.54) is 12.8 Å². The summed E-state index contributed by atoms with van der Waals surface area (Å²) in [5.74, 6) is 0. The maximum Gasteiger partial charge on any atom is 0.0701 e. The summed E-state index contributed by atoms with van der Waals surface area (Å²) >= 11 is 0. The van der Waals surface area contributed by atoms with Crippen LogP contribution in [0.1, 0.15) is 39.5 Å². The lowest BCUT2D eigenvalue weighted by molar-refractivity contribution is 0.0415. The average Bonchev–Trinajstić information content (AvgIpc) is 2.50. The van der Waals surface area contributed by atoms with Gasteiger partial charge in [-0.25, -0.2) is 5.32 Å². The number of unbranched alkanes of at least 4 members (excludes halogenated alkanes) is 2. The molecule has 5 heteroatoms. The Morgan fingerprint density at radius 3 is 1.29 bits per heavy atom. The van der Waals surface area contributed by atoms with Crippen molar-refractivity contribution >= 4 is 0 Å². The van der Waals surface area contributed by atoms with Crippen LogP contribution in [0.5, 0.6) is 0 Å². The van der Waals surface area contributed by atoms with Crippen LogP contribution >= 0.6 is 0 Å². The molecule has 0 bridgehead atoms. The molecule has 0 heterocycles. The third-order valence-electron chi connectivity index (χ3n) is 2.82. The van der Waals surface area contributed by atoms with Crippen molar-refractivity contribution in [2.24, 2.45) is 0 Å². The summed E-state index contributed by atoms with van der Waals surface area (Å²) in [5, 5.41) is 4.33. The van der Waals surface area contributed by atoms with E-state index in [2.05, 4.69) is 19.2 Å². The summed E-state index contributed by atoms with van der Waals surface area (Å²) < 4.78 is 21.6. The molecule has 0 saturated heterocycles. The van der Waals surface area contributed by atoms with E-state index in [4.69, 9.17) is 18.9 Å². The highest BCUT2D eigenvalue weighted by atomic mass is 16.5. The Bertz CT molecular complexity index is 164. The minimum atomic E-state index is 0.658. The Morgan fingerprint density at radius 2 is 0.905 bits per heavy atom. The summed E-state index contributed by atoms with van der Waals surface area (Å²) in [4.78, 5) is 0. The Hall–Kier alpha value is -0.200. The van der Waals surface area contributed by atoms with Gasteiger partial charge in [0.1, 0.15) is 0 Å². The van der Waals surface area contributed by atoms with Gasteiger partial charge in [0.05, 0.1) is 39.6 Å². The fraction of sp³-hybridized carbons (Fsp3) is 1.00. The third kappa shape index (κ3) is 19.8. The van der Waals surface area contributed by atoms with Crippen LogP contribution in [0.3, 0.4) is 0 Å². The quantitative estimate of drug-likeness (QED) is 0.364. The molecule has 127 valence electrons. The van der Waals surface area contributed by atoms with Crippen molar-refractivity contribution in [1.82, 2.24) is 5.32 Å². The van der Waals surface area contributed by atoms with Crippen molar-refractivity contribution in [2.45, 2.75) is 39.5 Å². The fourth-order valence-corrected chi connectivity index (χ4v) is 1.51. The van der Waals surface area contributed by atoms with E-state index < -0.39 is 0 Å². The lowest BCUT2D eigenvalue weighted by Gasteiger charge is -2.07. The van der Waals surface area contributed by atoms with E-state index in [0.29, 0.717) is 39.6 Å². The molecule has 0 aliphatic heterocycles. The van der Waals surface area contributed by atoms with Crippen LogP contribution < -0.4 is 5.32 Å². The van der Waals surface area contributed by atoms with Crippen LogP contribution in [0.15, 0.2) is 0 Å². The maximum atomic E-state index is 5.42. The van der Waals surface area contributed by atoms with E-state index in [1.54, 1.807) is 0 Å². The summed E-state index contributed by atoms with van der Waals surface area (Å²) in [6.45, 7) is 11.5. The zero-order chi connectivity index (χ0) is 15.4. The molecule has 1 radical (unpaired) electrons. The number of rotatable bonds is 18. The Morgan fingerprint density at radius 1 is 0.524 bits per heavy atom. The molecule has 5 nitrogen and oxygen atoms in total. The first-order chi connectivity index (χ1) is 10.4. The predicted molar refractivity (Wildman–Crippen MR) is 85.0 cm³/mol. The van der Waals surface area contributed by atoms with Gasteiger partial charge in [-0.15, -0.1) is 0 Å². The minimum absolute atomic E-state index is 0.658. The van der Waals surface area contributed by atoms with Crippen LogP contribution in [-0.4, -0.2) is 65.9 Å². The van der Waals surface area contributed by atoms with E-state index in [1.807, 2.05) is 0 Å². The van der Waals surface area contributed by atoms with Crippen LogP contribution in [0.25, 0.3) is 0 Å². The molecule has 0 aromatic carbocycles. The molecule has 0 aliphatic carbocycles. The lowest BCUT2D eigenvalue weighted by Crippen LogP contribution is -2.19. The van der Waals surface area contributed by atoms with Crippen molar-refractivity contribution < 1.29 is 18.9 Å². The molecule has 0 unspecified atom stereocenters. The largest absolute Gasteiger partial charge is 0.379 e. The van der Waals surface area contributed by atoms with Crippen LogP contribution in [0.2, 0.25) is 0 Å². The average molecular weight is 304 g/mol. The van der Waals surface area contributed by atoms with E-state index >= 15 is 0 Å². The Balaban J connectivity index is 2.90. The van der Waals surface area contributed by atoms with E-state index in [9.17, 15) is 0 Å². The molecule has 0 spiro atoms. The van der Waals surface area contributed by atoms with Crippen LogP contribution in [0.4, 0.5) is 0 Å². The van der Waals surface area contributed by atoms with Gasteiger partial charge < -0.3 is 18.9 Å². The molecule has 21 heavy (non-hydrogen) atoms. The van der Waals surface area contributed by atoms with Gasteiger partial charge in [-0.05, 0) is 12.8 Å². The molecule has 0 aromatic heterocycles. The van der Waals surface area contributed by atoms with Crippen molar-refractivity contribution in [2.75, 3.05) is 65.9 Å². The molecular formula is C16H34NO4. The van der Waals surface area contributed by atoms with Crippen molar-refractivity contribution in [1.29, 1.82) is 0 Å². The zero-order valence-corrected chi connectivity index (χ0v) is 14.0. The van der Waals surface area contributed by atoms with Gasteiger partial charge in [0.15, 0.2) is 0 Å². The SMILES string of the molecule is CCCCOCCOCC[N]CCOCCOCCCC. The highest BCUT2D eigenvalue weighted by Gasteiger charge is 1.93. The fourth-order valence-electron chi connectivity index (χ4n) is 1.51. The number of hydrogen-bond donors (Lipinski definition) is 0. The van der Waals surface area contributed by atoms with Crippen molar-refractivity contribution in [3.8, 4) is 0 Å². The normalized spacial score (nSPS) is 11.1. The highest BCUT2D eigenvalue weighted by molar-refractivity contribution is 4.45. The molecule has 0 fully saturated rings. The van der Waals surface area contributed by atoms with E-state index in [0.717, 1.165) is 39.1 Å². The van der Waals surface area contributed by atoms with Crippen molar-refractivity contribution in [3.05, 3.63) is 0 Å².